The van der Waals surface area contributed by atoms with Crippen molar-refractivity contribution >= 4 is 45.7 Å². The number of benzene rings is 3. The summed E-state index contributed by atoms with van der Waals surface area (Å²) in [5, 5.41) is 4.34. The highest BCUT2D eigenvalue weighted by Gasteiger charge is 2.16. The van der Waals surface area contributed by atoms with Gasteiger partial charge in [-0.25, -0.2) is 0 Å². The molecular weight excluding hydrogens is 407 g/mol. The molecule has 3 aromatic carbocycles. The number of nitrogens with one attached hydrogen (secondary N) is 1. The largest absolute Gasteiger partial charge is 0.489 e. The fourth-order valence-electron chi connectivity index (χ4n) is 2.97. The lowest BCUT2D eigenvalue weighted by Crippen LogP contribution is -2.13. The molecule has 0 aliphatic heterocycles. The van der Waals surface area contributed by atoms with Crippen LogP contribution in [-0.2, 0) is 6.61 Å². The van der Waals surface area contributed by atoms with Crippen LogP contribution in [0.3, 0.4) is 0 Å². The van der Waals surface area contributed by atoms with E-state index in [9.17, 15) is 4.79 Å². The number of anilines is 1. The van der Waals surface area contributed by atoms with Gasteiger partial charge in [-0.05, 0) is 36.4 Å². The van der Waals surface area contributed by atoms with Gasteiger partial charge in [0.05, 0.1) is 26.8 Å². The summed E-state index contributed by atoms with van der Waals surface area (Å²) in [5.74, 6) is 0.414. The first-order chi connectivity index (χ1) is 14.1. The number of carbonyl (C=O) groups is 1. The third-order valence-corrected chi connectivity index (χ3v) is 4.98. The molecule has 1 N–H and O–H groups in total. The van der Waals surface area contributed by atoms with Gasteiger partial charge < -0.3 is 10.1 Å². The Kier molecular flexibility index (Phi) is 5.65. The zero-order valence-electron chi connectivity index (χ0n) is 15.2. The van der Waals surface area contributed by atoms with Crippen molar-refractivity contribution in [2.24, 2.45) is 0 Å². The van der Waals surface area contributed by atoms with E-state index in [1.165, 1.54) is 0 Å². The van der Waals surface area contributed by atoms with E-state index >= 15 is 0 Å². The van der Waals surface area contributed by atoms with Crippen molar-refractivity contribution in [1.82, 2.24) is 4.98 Å². The van der Waals surface area contributed by atoms with Crippen molar-refractivity contribution in [2.45, 2.75) is 6.61 Å². The Morgan fingerprint density at radius 3 is 2.41 bits per heavy atom. The molecule has 0 saturated carbocycles. The quantitative estimate of drug-likeness (QED) is 0.406. The van der Waals surface area contributed by atoms with Gasteiger partial charge >= 0.3 is 0 Å². The number of halogens is 2. The molecule has 0 bridgehead atoms. The van der Waals surface area contributed by atoms with Gasteiger partial charge in [0.15, 0.2) is 0 Å². The fourth-order valence-corrected chi connectivity index (χ4v) is 3.54. The molecule has 0 spiro atoms. The minimum atomic E-state index is -0.383. The number of rotatable bonds is 5. The van der Waals surface area contributed by atoms with Crippen LogP contribution >= 0.6 is 23.2 Å². The highest BCUT2D eigenvalue weighted by Crippen LogP contribution is 2.27. The minimum absolute atomic E-state index is 0.237. The van der Waals surface area contributed by atoms with Gasteiger partial charge in [-0.3, -0.25) is 9.78 Å². The molecule has 0 aliphatic rings. The predicted molar refractivity (Wildman–Crippen MR) is 117 cm³/mol. The smallest absolute Gasteiger partial charge is 0.258 e. The summed E-state index contributed by atoms with van der Waals surface area (Å²) in [5.41, 5.74) is 2.42. The second-order valence-corrected chi connectivity index (χ2v) is 7.19. The van der Waals surface area contributed by atoms with Crippen LogP contribution in [0.25, 0.3) is 10.9 Å². The fraction of sp³-hybridized carbons (Fsp3) is 0.0435. The van der Waals surface area contributed by atoms with Crippen molar-refractivity contribution in [3.8, 4) is 5.75 Å². The molecule has 1 aromatic heterocycles. The van der Waals surface area contributed by atoms with E-state index in [1.807, 2.05) is 48.5 Å². The average molecular weight is 423 g/mol. The van der Waals surface area contributed by atoms with Crippen LogP contribution in [0.4, 0.5) is 5.69 Å². The molecule has 1 amide bonds. The maximum atomic E-state index is 12.7. The minimum Gasteiger partial charge on any atom is -0.489 e. The predicted octanol–water partition coefficient (Wildman–Crippen LogP) is 6.37. The molecule has 4 aromatic rings. The Morgan fingerprint density at radius 1 is 0.931 bits per heavy atom. The lowest BCUT2D eigenvalue weighted by Gasteiger charge is -2.11. The van der Waals surface area contributed by atoms with Crippen LogP contribution in [0.2, 0.25) is 10.0 Å². The topological polar surface area (TPSA) is 51.2 Å². The zero-order chi connectivity index (χ0) is 20.2. The molecule has 144 valence electrons. The van der Waals surface area contributed by atoms with Gasteiger partial charge in [0.1, 0.15) is 12.4 Å². The Bertz CT molecular complexity index is 1160. The third-order valence-electron chi connectivity index (χ3n) is 4.35. The lowest BCUT2D eigenvalue weighted by molar-refractivity contribution is 0.102. The molecule has 0 saturated heterocycles. The summed E-state index contributed by atoms with van der Waals surface area (Å²) in [7, 11) is 0. The molecule has 0 atom stereocenters. The van der Waals surface area contributed by atoms with Crippen LogP contribution in [0.5, 0.6) is 5.75 Å². The molecule has 6 heteroatoms. The molecule has 0 fully saturated rings. The van der Waals surface area contributed by atoms with Crippen molar-refractivity contribution in [3.63, 3.8) is 0 Å². The van der Waals surface area contributed by atoms with Gasteiger partial charge in [-0.1, -0.05) is 59.6 Å². The first kappa shape index (κ1) is 19.2. The third kappa shape index (κ3) is 4.34. The van der Waals surface area contributed by atoms with Gasteiger partial charge in [0.25, 0.3) is 5.91 Å². The van der Waals surface area contributed by atoms with E-state index in [4.69, 9.17) is 27.9 Å². The second kappa shape index (κ2) is 8.52. The van der Waals surface area contributed by atoms with E-state index in [1.54, 1.807) is 30.5 Å². The maximum Gasteiger partial charge on any atom is 0.258 e. The van der Waals surface area contributed by atoms with E-state index in [0.29, 0.717) is 27.9 Å². The molecular formula is C23H16Cl2N2O2. The van der Waals surface area contributed by atoms with E-state index in [-0.39, 0.29) is 11.5 Å². The normalized spacial score (nSPS) is 10.7. The molecule has 29 heavy (non-hydrogen) atoms. The summed E-state index contributed by atoms with van der Waals surface area (Å²) in [6, 6.07) is 22.1. The summed E-state index contributed by atoms with van der Waals surface area (Å²) < 4.78 is 5.78. The molecule has 4 rings (SSSR count). The molecule has 0 radical (unpaired) electrons. The number of nitrogens with zero attached hydrogens (tertiary/aromatic N) is 1. The van der Waals surface area contributed by atoms with Gasteiger partial charge in [0.2, 0.25) is 0 Å². The second-order valence-electron chi connectivity index (χ2n) is 6.37. The van der Waals surface area contributed by atoms with E-state index in [0.717, 1.165) is 16.7 Å². The van der Waals surface area contributed by atoms with E-state index in [2.05, 4.69) is 10.3 Å². The SMILES string of the molecule is O=C(Nc1cccc2cc(COc3ccccc3)cnc12)c1c(Cl)cccc1Cl. The first-order valence-electron chi connectivity index (χ1n) is 8.92. The van der Waals surface area contributed by atoms with Crippen LogP contribution in [-0.4, -0.2) is 10.9 Å². The number of hydrogen-bond acceptors (Lipinski definition) is 3. The highest BCUT2D eigenvalue weighted by molar-refractivity contribution is 6.40. The van der Waals surface area contributed by atoms with Crippen LogP contribution in [0, 0.1) is 0 Å². The molecule has 1 heterocycles. The summed E-state index contributed by atoms with van der Waals surface area (Å²) in [6.45, 7) is 0.402. The summed E-state index contributed by atoms with van der Waals surface area (Å²) in [4.78, 5) is 17.2. The number of hydrogen-bond donors (Lipinski definition) is 1. The van der Waals surface area contributed by atoms with Crippen molar-refractivity contribution in [3.05, 3.63) is 100 Å². The molecule has 0 unspecified atom stereocenters. The van der Waals surface area contributed by atoms with Crippen molar-refractivity contribution < 1.29 is 9.53 Å². The van der Waals surface area contributed by atoms with E-state index < -0.39 is 0 Å². The average Bonchev–Trinajstić information content (AvgIpc) is 2.73. The Labute approximate surface area is 178 Å². The Hall–Kier alpha value is -3.08. The van der Waals surface area contributed by atoms with Crippen molar-refractivity contribution in [1.29, 1.82) is 0 Å². The Balaban J connectivity index is 1.57. The molecule has 4 nitrogen and oxygen atoms in total. The number of amides is 1. The van der Waals surface area contributed by atoms with Crippen LogP contribution in [0.1, 0.15) is 15.9 Å². The number of carbonyl (C=O) groups excluding carboxylic acids is 1. The number of para-hydroxylation sites is 2. The number of fused-ring (bicyclic) bond motifs is 1. The Morgan fingerprint density at radius 2 is 1.66 bits per heavy atom. The van der Waals surface area contributed by atoms with Crippen LogP contribution in [0.15, 0.2) is 79.0 Å². The van der Waals surface area contributed by atoms with Gasteiger partial charge in [-0.2, -0.15) is 0 Å². The highest BCUT2D eigenvalue weighted by atomic mass is 35.5. The van der Waals surface area contributed by atoms with Gasteiger partial charge in [-0.15, -0.1) is 0 Å². The van der Waals surface area contributed by atoms with Gasteiger partial charge in [0, 0.05) is 17.1 Å². The van der Waals surface area contributed by atoms with Crippen LogP contribution < -0.4 is 10.1 Å². The number of aromatic nitrogens is 1. The number of pyridine rings is 1. The lowest BCUT2D eigenvalue weighted by atomic mass is 10.1. The summed E-state index contributed by atoms with van der Waals surface area (Å²) >= 11 is 12.3. The first-order valence-corrected chi connectivity index (χ1v) is 9.68. The maximum absolute atomic E-state index is 12.7. The monoisotopic (exact) mass is 422 g/mol. The van der Waals surface area contributed by atoms with Crippen molar-refractivity contribution in [2.75, 3.05) is 5.32 Å². The standard InChI is InChI=1S/C23H16Cl2N2O2/c24-18-9-5-10-19(25)21(18)23(28)27-20-11-4-6-16-12-15(13-26-22(16)20)14-29-17-7-2-1-3-8-17/h1-13H,14H2,(H,27,28). The molecule has 0 aliphatic carbocycles. The number of ether oxygens (including phenoxy) is 1. The summed E-state index contributed by atoms with van der Waals surface area (Å²) in [6.07, 6.45) is 1.74. The zero-order valence-corrected chi connectivity index (χ0v) is 16.7.